The van der Waals surface area contributed by atoms with Crippen LogP contribution in [-0.2, 0) is 17.4 Å². The summed E-state index contributed by atoms with van der Waals surface area (Å²) in [5.41, 5.74) is 2.12. The van der Waals surface area contributed by atoms with Crippen molar-refractivity contribution in [2.45, 2.75) is 31.7 Å². The molecule has 7 heteroatoms. The van der Waals surface area contributed by atoms with Gasteiger partial charge in [0.15, 0.2) is 5.58 Å². The fourth-order valence-corrected chi connectivity index (χ4v) is 5.05. The molecule has 1 fully saturated rings. The molecule has 3 aromatic rings. The highest BCUT2D eigenvalue weighted by molar-refractivity contribution is 7.83. The van der Waals surface area contributed by atoms with E-state index in [4.69, 9.17) is 4.42 Å². The van der Waals surface area contributed by atoms with Gasteiger partial charge in [0.1, 0.15) is 22.3 Å². The molecule has 0 radical (unpaired) electrons. The van der Waals surface area contributed by atoms with E-state index in [1.807, 2.05) is 12.1 Å². The second kappa shape index (κ2) is 8.41. The Balaban J connectivity index is 1.44. The van der Waals surface area contributed by atoms with E-state index in [2.05, 4.69) is 4.90 Å². The van der Waals surface area contributed by atoms with Crippen molar-refractivity contribution in [1.29, 1.82) is 0 Å². The largest absolute Gasteiger partial charge is 0.432 e. The molecule has 1 aliphatic heterocycles. The van der Waals surface area contributed by atoms with Crippen LogP contribution in [0.1, 0.15) is 24.8 Å². The lowest BCUT2D eigenvalue weighted by molar-refractivity contribution is 0.156. The Morgan fingerprint density at radius 2 is 1.89 bits per heavy atom. The number of hydrogen-bond acceptors (Lipinski definition) is 4. The molecular weight excluding hydrogens is 379 g/mol. The Kier molecular flexibility index (Phi) is 5.73. The molecule has 148 valence electrons. The summed E-state index contributed by atoms with van der Waals surface area (Å²) in [6.45, 7) is 1.59. The normalized spacial score (nSPS) is 19.1. The van der Waals surface area contributed by atoms with Crippen molar-refractivity contribution in [3.8, 4) is 0 Å². The molecule has 0 N–H and O–H groups in total. The lowest BCUT2D eigenvalue weighted by atomic mass is 9.96. The first-order chi connectivity index (χ1) is 13.6. The van der Waals surface area contributed by atoms with E-state index in [1.54, 1.807) is 24.3 Å². The Bertz CT molecular complexity index is 1030. The number of halogens is 1. The first-order valence-corrected chi connectivity index (χ1v) is 10.9. The Morgan fingerprint density at radius 1 is 1.11 bits per heavy atom. The van der Waals surface area contributed by atoms with Crippen LogP contribution < -0.4 is 5.76 Å². The number of rotatable bonds is 6. The molecule has 1 saturated heterocycles. The fourth-order valence-electron chi connectivity index (χ4n) is 3.90. The second-order valence-corrected chi connectivity index (χ2v) is 8.59. The summed E-state index contributed by atoms with van der Waals surface area (Å²) in [6, 6.07) is 14.0. The quantitative estimate of drug-likeness (QED) is 0.635. The fraction of sp³-hybridized carbons (Fsp3) is 0.381. The Labute approximate surface area is 165 Å². The van der Waals surface area contributed by atoms with Crippen molar-refractivity contribution in [2.75, 3.05) is 18.8 Å². The molecule has 1 aromatic heterocycles. The molecule has 2 atom stereocenters. The number of fused-ring (bicyclic) bond motifs is 1. The van der Waals surface area contributed by atoms with E-state index < -0.39 is 16.7 Å². The van der Waals surface area contributed by atoms with Crippen LogP contribution in [0.15, 0.2) is 57.7 Å². The zero-order chi connectivity index (χ0) is 19.5. The van der Waals surface area contributed by atoms with E-state index >= 15 is 0 Å². The summed E-state index contributed by atoms with van der Waals surface area (Å²) in [4.78, 5) is 14.5. The highest BCUT2D eigenvalue weighted by Crippen LogP contribution is 2.21. The Morgan fingerprint density at radius 3 is 2.71 bits per heavy atom. The van der Waals surface area contributed by atoms with Gasteiger partial charge in [-0.2, -0.15) is 3.97 Å². The molecule has 5 nitrogen and oxygen atoms in total. The highest BCUT2D eigenvalue weighted by atomic mass is 32.2. The highest BCUT2D eigenvalue weighted by Gasteiger charge is 2.24. The number of piperidine rings is 1. The van der Waals surface area contributed by atoms with Gasteiger partial charge >= 0.3 is 5.76 Å². The number of aromatic nitrogens is 1. The van der Waals surface area contributed by atoms with Crippen molar-refractivity contribution >= 4 is 22.1 Å². The lowest BCUT2D eigenvalue weighted by Gasteiger charge is -2.35. The van der Waals surface area contributed by atoms with Gasteiger partial charge in [0.05, 0.1) is 5.75 Å². The average Bonchev–Trinajstić information content (AvgIpc) is 3.04. The predicted octanol–water partition coefficient (Wildman–Crippen LogP) is 3.34. The maximum absolute atomic E-state index is 13.1. The first kappa shape index (κ1) is 19.1. The number of hydrogen-bond donors (Lipinski definition) is 0. The summed E-state index contributed by atoms with van der Waals surface area (Å²) < 4.78 is 32.4. The van der Waals surface area contributed by atoms with Crippen LogP contribution in [0.4, 0.5) is 4.39 Å². The van der Waals surface area contributed by atoms with Gasteiger partial charge < -0.3 is 4.42 Å². The number of benzene rings is 2. The molecule has 0 aliphatic carbocycles. The summed E-state index contributed by atoms with van der Waals surface area (Å²) in [7, 11) is -1.49. The van der Waals surface area contributed by atoms with Gasteiger partial charge in [-0.05, 0) is 55.6 Å². The second-order valence-electron chi connectivity index (χ2n) is 7.17. The van der Waals surface area contributed by atoms with Gasteiger partial charge in [-0.3, -0.25) is 4.90 Å². The maximum atomic E-state index is 13.1. The third-order valence-electron chi connectivity index (χ3n) is 5.34. The van der Waals surface area contributed by atoms with Gasteiger partial charge in [-0.25, -0.2) is 13.4 Å². The third kappa shape index (κ3) is 4.10. The molecule has 0 saturated carbocycles. The van der Waals surface area contributed by atoms with Crippen LogP contribution in [0.2, 0.25) is 0 Å². The van der Waals surface area contributed by atoms with Crippen LogP contribution in [-0.4, -0.2) is 38.0 Å². The molecular formula is C21H23FN2O3S. The zero-order valence-electron chi connectivity index (χ0n) is 15.6. The molecule has 0 bridgehead atoms. The lowest BCUT2D eigenvalue weighted by Crippen LogP contribution is -2.43. The van der Waals surface area contributed by atoms with Gasteiger partial charge in [-0.15, -0.1) is 0 Å². The SMILES string of the molecule is O=c1oc2ccccc2n1S(=O)CCN1CCCCC1Cc1ccc(F)cc1. The molecule has 28 heavy (non-hydrogen) atoms. The van der Waals surface area contributed by atoms with Gasteiger partial charge in [0.25, 0.3) is 0 Å². The monoisotopic (exact) mass is 402 g/mol. The van der Waals surface area contributed by atoms with Crippen molar-refractivity contribution in [3.05, 3.63) is 70.5 Å². The van der Waals surface area contributed by atoms with Crippen LogP contribution in [0.25, 0.3) is 11.1 Å². The maximum Gasteiger partial charge on any atom is 0.432 e. The van der Waals surface area contributed by atoms with E-state index in [1.165, 1.54) is 16.1 Å². The van der Waals surface area contributed by atoms with E-state index in [0.29, 0.717) is 29.4 Å². The minimum Gasteiger partial charge on any atom is -0.407 e. The molecule has 1 aliphatic rings. The molecule has 2 heterocycles. The van der Waals surface area contributed by atoms with Crippen LogP contribution in [0, 0.1) is 5.82 Å². The minimum atomic E-state index is -1.49. The van der Waals surface area contributed by atoms with E-state index in [0.717, 1.165) is 37.8 Å². The number of likely N-dealkylation sites (tertiary alicyclic amines) is 1. The summed E-state index contributed by atoms with van der Waals surface area (Å²) in [6.07, 6.45) is 4.19. The molecule has 0 spiro atoms. The van der Waals surface area contributed by atoms with Crippen LogP contribution in [0.5, 0.6) is 0 Å². The average molecular weight is 402 g/mol. The smallest absolute Gasteiger partial charge is 0.407 e. The summed E-state index contributed by atoms with van der Waals surface area (Å²) >= 11 is 0. The summed E-state index contributed by atoms with van der Waals surface area (Å²) in [5, 5.41) is 0. The van der Waals surface area contributed by atoms with Crippen molar-refractivity contribution in [3.63, 3.8) is 0 Å². The van der Waals surface area contributed by atoms with Gasteiger partial charge in [-0.1, -0.05) is 30.7 Å². The van der Waals surface area contributed by atoms with Crippen LogP contribution >= 0.6 is 0 Å². The predicted molar refractivity (Wildman–Crippen MR) is 108 cm³/mol. The minimum absolute atomic E-state index is 0.225. The van der Waals surface area contributed by atoms with Crippen LogP contribution in [0.3, 0.4) is 0 Å². The number of oxazole rings is 1. The Hall–Kier alpha value is -2.25. The van der Waals surface area contributed by atoms with E-state index in [-0.39, 0.29) is 5.82 Å². The number of para-hydroxylation sites is 2. The molecule has 4 rings (SSSR count). The van der Waals surface area contributed by atoms with E-state index in [9.17, 15) is 13.4 Å². The molecule has 2 aromatic carbocycles. The topological polar surface area (TPSA) is 55.5 Å². The van der Waals surface area contributed by atoms with Crippen molar-refractivity contribution in [1.82, 2.24) is 8.87 Å². The van der Waals surface area contributed by atoms with Gasteiger partial charge in [0, 0.05) is 12.6 Å². The summed E-state index contributed by atoms with van der Waals surface area (Å²) in [5.74, 6) is -0.443. The van der Waals surface area contributed by atoms with Crippen molar-refractivity contribution in [2.24, 2.45) is 0 Å². The number of nitrogens with zero attached hydrogens (tertiary/aromatic N) is 2. The standard InChI is InChI=1S/C21H23FN2O3S/c22-17-10-8-16(9-11-17)15-18-5-3-4-12-23(18)13-14-28(26)24-19-6-1-2-7-20(19)27-21(24)25/h1-2,6-11,18H,3-5,12-15H2. The van der Waals surface area contributed by atoms with Gasteiger partial charge in [0.2, 0.25) is 0 Å². The van der Waals surface area contributed by atoms with Crippen molar-refractivity contribution < 1.29 is 13.0 Å². The molecule has 2 unspecified atom stereocenters. The first-order valence-electron chi connectivity index (χ1n) is 9.60. The zero-order valence-corrected chi connectivity index (χ0v) is 16.4. The third-order valence-corrected chi connectivity index (χ3v) is 6.62. The molecule has 0 amide bonds.